The number of carbonyl (C=O) groups is 1. The second-order valence-electron chi connectivity index (χ2n) is 6.04. The normalized spacial score (nSPS) is 11.4. The van der Waals surface area contributed by atoms with Crippen molar-refractivity contribution in [2.24, 2.45) is 0 Å². The summed E-state index contributed by atoms with van der Waals surface area (Å²) in [7, 11) is 2.95. The van der Waals surface area contributed by atoms with E-state index in [1.807, 2.05) is 6.92 Å². The molecule has 0 N–H and O–H groups in total. The topological polar surface area (TPSA) is 62.6 Å². The first-order chi connectivity index (χ1) is 14.0. The van der Waals surface area contributed by atoms with Crippen LogP contribution in [0, 0.1) is 0 Å². The highest BCUT2D eigenvalue weighted by molar-refractivity contribution is 5.91. The van der Waals surface area contributed by atoms with Gasteiger partial charge >= 0.3 is 12.5 Å². The zero-order valence-electron chi connectivity index (χ0n) is 16.2. The molecular weight excluding hydrogens is 382 g/mol. The first-order valence-corrected chi connectivity index (χ1v) is 8.80. The van der Waals surface area contributed by atoms with Gasteiger partial charge in [-0.3, -0.25) is 4.57 Å². The Kier molecular flexibility index (Phi) is 6.11. The van der Waals surface area contributed by atoms with E-state index in [2.05, 4.69) is 4.98 Å². The predicted molar refractivity (Wildman–Crippen MR) is 104 cm³/mol. The molecule has 3 aromatic rings. The highest BCUT2D eigenvalue weighted by Gasteiger charge is 2.20. The molecule has 2 aromatic carbocycles. The van der Waals surface area contributed by atoms with Crippen molar-refractivity contribution in [1.82, 2.24) is 9.55 Å². The first-order valence-electron chi connectivity index (χ1n) is 8.80. The summed E-state index contributed by atoms with van der Waals surface area (Å²) in [5.74, 6) is 0.102. The van der Waals surface area contributed by atoms with E-state index in [0.717, 1.165) is 4.57 Å². The highest BCUT2D eigenvalue weighted by atomic mass is 19.3. The number of halogens is 2. The Morgan fingerprint density at radius 3 is 2.62 bits per heavy atom. The minimum atomic E-state index is -2.81. The van der Waals surface area contributed by atoms with Gasteiger partial charge in [0.1, 0.15) is 6.61 Å². The quantitative estimate of drug-likeness (QED) is 0.529. The van der Waals surface area contributed by atoms with Gasteiger partial charge in [-0.15, -0.1) is 0 Å². The summed E-state index contributed by atoms with van der Waals surface area (Å²) in [5.41, 5.74) is 1.51. The molecule has 3 rings (SSSR count). The van der Waals surface area contributed by atoms with E-state index in [4.69, 9.17) is 14.2 Å². The van der Waals surface area contributed by atoms with Crippen LogP contribution >= 0.6 is 0 Å². The molecule has 1 aromatic heterocycles. The Morgan fingerprint density at radius 2 is 1.97 bits per heavy atom. The van der Waals surface area contributed by atoms with E-state index in [0.29, 0.717) is 22.6 Å². The van der Waals surface area contributed by atoms with Crippen LogP contribution in [0.15, 0.2) is 42.5 Å². The molecule has 0 unspecified atom stereocenters. The van der Waals surface area contributed by atoms with Gasteiger partial charge in [0.05, 0.1) is 30.8 Å². The number of hydrogen-bond donors (Lipinski definition) is 0. The Bertz CT molecular complexity index is 1060. The van der Waals surface area contributed by atoms with Crippen LogP contribution in [-0.4, -0.2) is 29.7 Å². The lowest BCUT2D eigenvalue weighted by atomic mass is 10.1. The van der Waals surface area contributed by atoms with Gasteiger partial charge in [-0.2, -0.15) is 8.78 Å². The van der Waals surface area contributed by atoms with Crippen LogP contribution in [0.1, 0.15) is 35.2 Å². The number of allylic oxidation sites excluding steroid dienone is 1. The van der Waals surface area contributed by atoms with Crippen LogP contribution in [0.3, 0.4) is 0 Å². The van der Waals surface area contributed by atoms with E-state index in [1.165, 1.54) is 26.4 Å². The number of nitrogens with zero attached hydrogens (tertiary/aromatic N) is 2. The Morgan fingerprint density at radius 1 is 1.21 bits per heavy atom. The van der Waals surface area contributed by atoms with Crippen molar-refractivity contribution >= 4 is 23.1 Å². The van der Waals surface area contributed by atoms with Gasteiger partial charge in [0.2, 0.25) is 0 Å². The van der Waals surface area contributed by atoms with E-state index in [1.54, 1.807) is 36.4 Å². The predicted octanol–water partition coefficient (Wildman–Crippen LogP) is 4.84. The number of benzene rings is 2. The number of carbonyl (C=O) groups excluding carboxylic acids is 1. The summed E-state index contributed by atoms with van der Waals surface area (Å²) in [5, 5.41) is 0. The van der Waals surface area contributed by atoms with Crippen molar-refractivity contribution in [3.8, 4) is 11.5 Å². The third kappa shape index (κ3) is 4.06. The Balaban J connectivity index is 1.89. The molecule has 29 heavy (non-hydrogen) atoms. The van der Waals surface area contributed by atoms with Crippen LogP contribution in [0.25, 0.3) is 17.1 Å². The van der Waals surface area contributed by atoms with Crippen LogP contribution in [0.4, 0.5) is 8.78 Å². The standard InChI is InChI=1S/C21H20F2N2O4/c1-4-7-13-10-14(11-17(27-2)19(13)28-3)20(26)29-12-18-24-15-8-5-6-9-16(15)25(18)21(22)23/h4-11,21H,12H2,1-3H3/b7-4+. The molecule has 152 valence electrons. The average Bonchev–Trinajstić information content (AvgIpc) is 3.10. The molecule has 0 aliphatic heterocycles. The third-order valence-electron chi connectivity index (χ3n) is 4.29. The van der Waals surface area contributed by atoms with Crippen molar-refractivity contribution in [2.75, 3.05) is 14.2 Å². The largest absolute Gasteiger partial charge is 0.493 e. The molecule has 6 nitrogen and oxygen atoms in total. The molecule has 0 aliphatic carbocycles. The number of aromatic nitrogens is 2. The lowest BCUT2D eigenvalue weighted by molar-refractivity contribution is 0.0387. The van der Waals surface area contributed by atoms with Gasteiger partial charge in [0.15, 0.2) is 17.3 Å². The van der Waals surface area contributed by atoms with Gasteiger partial charge in [-0.1, -0.05) is 24.3 Å². The summed E-state index contributed by atoms with van der Waals surface area (Å²) in [4.78, 5) is 16.7. The fourth-order valence-corrected chi connectivity index (χ4v) is 3.04. The summed E-state index contributed by atoms with van der Waals surface area (Å²) in [6, 6.07) is 9.57. The fraction of sp³-hybridized carbons (Fsp3) is 0.238. The number of imidazole rings is 1. The maximum Gasteiger partial charge on any atom is 0.338 e. The molecule has 0 bridgehead atoms. The van der Waals surface area contributed by atoms with E-state index in [-0.39, 0.29) is 16.9 Å². The minimum Gasteiger partial charge on any atom is -0.493 e. The molecule has 1 heterocycles. The van der Waals surface area contributed by atoms with Crippen molar-refractivity contribution in [2.45, 2.75) is 20.1 Å². The van der Waals surface area contributed by atoms with Crippen LogP contribution < -0.4 is 9.47 Å². The maximum absolute atomic E-state index is 13.5. The lowest BCUT2D eigenvalue weighted by Crippen LogP contribution is -2.11. The van der Waals surface area contributed by atoms with Gasteiger partial charge in [0.25, 0.3) is 0 Å². The van der Waals surface area contributed by atoms with Crippen molar-refractivity contribution in [1.29, 1.82) is 0 Å². The van der Waals surface area contributed by atoms with Crippen LogP contribution in [0.2, 0.25) is 0 Å². The number of ether oxygens (including phenoxy) is 3. The lowest BCUT2D eigenvalue weighted by Gasteiger charge is -2.13. The monoisotopic (exact) mass is 402 g/mol. The Labute approximate surface area is 166 Å². The highest BCUT2D eigenvalue weighted by Crippen LogP contribution is 2.34. The molecule has 0 radical (unpaired) electrons. The number of hydrogen-bond acceptors (Lipinski definition) is 5. The number of fused-ring (bicyclic) bond motifs is 1. The molecule has 0 amide bonds. The number of alkyl halides is 2. The van der Waals surface area contributed by atoms with Crippen molar-refractivity contribution in [3.63, 3.8) is 0 Å². The summed E-state index contributed by atoms with van der Waals surface area (Å²) >= 11 is 0. The molecule has 0 atom stereocenters. The number of methoxy groups -OCH3 is 2. The number of para-hydroxylation sites is 2. The minimum absolute atomic E-state index is 0.0382. The SMILES string of the molecule is C/C=C/c1cc(C(=O)OCc2nc3ccccc3n2C(F)F)cc(OC)c1OC. The third-order valence-corrected chi connectivity index (χ3v) is 4.29. The summed E-state index contributed by atoms with van der Waals surface area (Å²) in [6.07, 6.45) is 3.55. The van der Waals surface area contributed by atoms with Gasteiger partial charge in [-0.25, -0.2) is 9.78 Å². The van der Waals surface area contributed by atoms with E-state index >= 15 is 0 Å². The Hall–Kier alpha value is -3.42. The van der Waals surface area contributed by atoms with Crippen molar-refractivity contribution in [3.05, 3.63) is 59.4 Å². The second kappa shape index (κ2) is 8.72. The van der Waals surface area contributed by atoms with E-state index < -0.39 is 19.1 Å². The van der Waals surface area contributed by atoms with Crippen LogP contribution in [0.5, 0.6) is 11.5 Å². The molecule has 0 fully saturated rings. The molecule has 0 aliphatic rings. The molecular formula is C21H20F2N2O4. The zero-order valence-corrected chi connectivity index (χ0v) is 16.2. The zero-order chi connectivity index (χ0) is 21.0. The fourth-order valence-electron chi connectivity index (χ4n) is 3.04. The number of rotatable bonds is 7. The molecule has 8 heteroatoms. The maximum atomic E-state index is 13.5. The average molecular weight is 402 g/mol. The molecule has 0 saturated heterocycles. The summed E-state index contributed by atoms with van der Waals surface area (Å²) < 4.78 is 43.6. The second-order valence-corrected chi connectivity index (χ2v) is 6.04. The number of esters is 1. The first kappa shape index (κ1) is 20.3. The van der Waals surface area contributed by atoms with Gasteiger partial charge in [-0.05, 0) is 31.2 Å². The van der Waals surface area contributed by atoms with Gasteiger partial charge in [0, 0.05) is 5.56 Å². The molecule has 0 spiro atoms. The van der Waals surface area contributed by atoms with Crippen LogP contribution in [-0.2, 0) is 11.3 Å². The molecule has 0 saturated carbocycles. The van der Waals surface area contributed by atoms with Gasteiger partial charge < -0.3 is 14.2 Å². The summed E-state index contributed by atoms with van der Waals surface area (Å²) in [6.45, 7) is -1.38. The van der Waals surface area contributed by atoms with Crippen molar-refractivity contribution < 1.29 is 27.8 Å². The smallest absolute Gasteiger partial charge is 0.338 e. The van der Waals surface area contributed by atoms with E-state index in [9.17, 15) is 13.6 Å².